The van der Waals surface area contributed by atoms with Gasteiger partial charge >= 0.3 is 0 Å². The zero-order chi connectivity index (χ0) is 25.5. The van der Waals surface area contributed by atoms with Crippen LogP contribution in [-0.4, -0.2) is 44.6 Å². The number of Topliss-reactive ketones (excluding diaryl/α,β-unsaturated/α-hetero) is 1. The molecule has 0 bridgehead atoms. The normalized spacial score (nSPS) is 15.3. The molecule has 0 saturated carbocycles. The van der Waals surface area contributed by atoms with Gasteiger partial charge in [-0.1, -0.05) is 53.7 Å². The van der Waals surface area contributed by atoms with Crippen LogP contribution in [0, 0.1) is 5.41 Å². The maximum Gasteiger partial charge on any atom is 0.203 e. The Kier molecular flexibility index (Phi) is 6.71. The Balaban J connectivity index is 1.72. The summed E-state index contributed by atoms with van der Waals surface area (Å²) in [6, 6.07) is 11.7. The van der Waals surface area contributed by atoms with Gasteiger partial charge in [0.05, 0.1) is 17.6 Å². The Morgan fingerprint density at radius 3 is 1.91 bits per heavy atom. The Bertz CT molecular complexity index is 1260. The van der Waals surface area contributed by atoms with E-state index in [2.05, 4.69) is 4.90 Å². The molecule has 0 atom stereocenters. The molecule has 1 fully saturated rings. The second-order valence-electron chi connectivity index (χ2n) is 11.9. The van der Waals surface area contributed by atoms with E-state index < -0.39 is 0 Å². The number of phenolic OH excluding ortho intramolecular Hbond substituents is 1. The predicted molar refractivity (Wildman–Crippen MR) is 141 cm³/mol. The Hall–Kier alpha value is -2.86. The lowest BCUT2D eigenvalue weighted by molar-refractivity contribution is 0.0971. The molecule has 2 N–H and O–H groups in total. The lowest BCUT2D eigenvalue weighted by Gasteiger charge is -2.28. The summed E-state index contributed by atoms with van der Waals surface area (Å²) in [6.07, 6.45) is 2.49. The molecule has 0 spiro atoms. The van der Waals surface area contributed by atoms with E-state index >= 15 is 0 Å². The number of likely N-dealkylation sites (tertiary alicyclic amines) is 1. The standard InChI is InChI=1S/C29H40N4O2/c1-28(2,3)21-17-20(18-22(26(21)35)29(4,5)6)25(34)19-33-24-12-8-7-11-23(24)32(27(33)30)16-15-31-13-9-10-14-31/h7-8,11-12,17-18,30,35H,9-10,13-16,19H2,1-6H3. The fourth-order valence-electron chi connectivity index (χ4n) is 5.10. The first kappa shape index (κ1) is 25.2. The minimum Gasteiger partial charge on any atom is -0.507 e. The molecule has 0 radical (unpaired) electrons. The number of carbonyl (C=O) groups excluding carboxylic acids is 1. The van der Waals surface area contributed by atoms with E-state index in [1.54, 1.807) is 0 Å². The Labute approximate surface area is 208 Å². The van der Waals surface area contributed by atoms with Crippen molar-refractivity contribution in [2.45, 2.75) is 78.3 Å². The third-order valence-corrected chi connectivity index (χ3v) is 7.16. The van der Waals surface area contributed by atoms with Crippen LogP contribution in [0.4, 0.5) is 0 Å². The van der Waals surface area contributed by atoms with E-state index in [0.717, 1.165) is 48.3 Å². The molecule has 4 rings (SSSR count). The molecule has 0 unspecified atom stereocenters. The SMILES string of the molecule is CC(C)(C)c1cc(C(=O)Cn2c(=N)n(CCN3CCCC3)c3ccccc32)cc(C(C)(C)C)c1O. The predicted octanol–water partition coefficient (Wildman–Crippen LogP) is 5.20. The van der Waals surface area contributed by atoms with Crippen molar-refractivity contribution in [3.05, 3.63) is 58.7 Å². The average Bonchev–Trinajstić information content (AvgIpc) is 3.38. The van der Waals surface area contributed by atoms with Crippen LogP contribution in [0.5, 0.6) is 5.75 Å². The Morgan fingerprint density at radius 2 is 1.40 bits per heavy atom. The zero-order valence-electron chi connectivity index (χ0n) is 22.1. The van der Waals surface area contributed by atoms with E-state index in [1.165, 1.54) is 12.8 Å². The fourth-order valence-corrected chi connectivity index (χ4v) is 5.10. The molecular formula is C29H40N4O2. The highest BCUT2D eigenvalue weighted by molar-refractivity contribution is 5.97. The molecule has 0 aliphatic carbocycles. The van der Waals surface area contributed by atoms with Gasteiger partial charge in [0, 0.05) is 29.8 Å². The lowest BCUT2D eigenvalue weighted by Crippen LogP contribution is -2.31. The second kappa shape index (κ2) is 9.30. The number of aromatic hydroxyl groups is 1. The van der Waals surface area contributed by atoms with Gasteiger partial charge in [0.15, 0.2) is 5.78 Å². The number of hydrogen-bond acceptors (Lipinski definition) is 4. The summed E-state index contributed by atoms with van der Waals surface area (Å²) in [6.45, 7) is 16.3. The molecular weight excluding hydrogens is 436 g/mol. The number of imidazole rings is 1. The molecule has 3 aromatic rings. The third-order valence-electron chi connectivity index (χ3n) is 7.16. The fraction of sp³-hybridized carbons (Fsp3) is 0.517. The molecule has 1 aliphatic rings. The molecule has 6 nitrogen and oxygen atoms in total. The topological polar surface area (TPSA) is 74.2 Å². The van der Waals surface area contributed by atoms with Crippen molar-refractivity contribution in [1.82, 2.24) is 14.0 Å². The van der Waals surface area contributed by atoms with Crippen molar-refractivity contribution >= 4 is 16.8 Å². The van der Waals surface area contributed by atoms with Crippen molar-refractivity contribution in [2.75, 3.05) is 19.6 Å². The number of hydrogen-bond donors (Lipinski definition) is 2. The highest BCUT2D eigenvalue weighted by atomic mass is 16.3. The maximum absolute atomic E-state index is 13.7. The monoisotopic (exact) mass is 476 g/mol. The third kappa shape index (κ3) is 5.08. The van der Waals surface area contributed by atoms with E-state index in [1.807, 2.05) is 87.1 Å². The minimum absolute atomic E-state index is 0.0538. The van der Waals surface area contributed by atoms with Crippen LogP contribution in [0.25, 0.3) is 11.0 Å². The average molecular weight is 477 g/mol. The quantitative estimate of drug-likeness (QED) is 0.480. The number of benzene rings is 2. The van der Waals surface area contributed by atoms with Gasteiger partial charge in [-0.3, -0.25) is 10.2 Å². The van der Waals surface area contributed by atoms with Gasteiger partial charge in [0.25, 0.3) is 0 Å². The molecule has 0 amide bonds. The number of phenols is 1. The number of nitrogens with zero attached hydrogens (tertiary/aromatic N) is 3. The van der Waals surface area contributed by atoms with Crippen molar-refractivity contribution in [1.29, 1.82) is 5.41 Å². The molecule has 1 saturated heterocycles. The van der Waals surface area contributed by atoms with Gasteiger partial charge in [-0.15, -0.1) is 0 Å². The highest BCUT2D eigenvalue weighted by Crippen LogP contribution is 2.40. The van der Waals surface area contributed by atoms with Crippen LogP contribution in [0.15, 0.2) is 36.4 Å². The second-order valence-corrected chi connectivity index (χ2v) is 11.9. The van der Waals surface area contributed by atoms with Gasteiger partial charge < -0.3 is 19.1 Å². The largest absolute Gasteiger partial charge is 0.507 e. The van der Waals surface area contributed by atoms with Gasteiger partial charge in [0.2, 0.25) is 5.62 Å². The van der Waals surface area contributed by atoms with Crippen LogP contribution in [0.2, 0.25) is 0 Å². The molecule has 1 aromatic heterocycles. The van der Waals surface area contributed by atoms with E-state index in [9.17, 15) is 9.90 Å². The van der Waals surface area contributed by atoms with Crippen molar-refractivity contribution in [3.63, 3.8) is 0 Å². The molecule has 6 heteroatoms. The zero-order valence-corrected chi connectivity index (χ0v) is 22.1. The minimum atomic E-state index is -0.306. The number of nitrogens with one attached hydrogen (secondary N) is 1. The van der Waals surface area contributed by atoms with Gasteiger partial charge in [-0.05, 0) is 61.0 Å². The summed E-state index contributed by atoms with van der Waals surface area (Å²) < 4.78 is 3.85. The lowest BCUT2D eigenvalue weighted by atomic mass is 9.78. The maximum atomic E-state index is 13.7. The molecule has 2 heterocycles. The van der Waals surface area contributed by atoms with Gasteiger partial charge in [-0.25, -0.2) is 0 Å². The number of rotatable bonds is 6. The van der Waals surface area contributed by atoms with E-state index in [-0.39, 0.29) is 28.9 Å². The first-order chi connectivity index (χ1) is 16.4. The first-order valence-corrected chi connectivity index (χ1v) is 12.7. The summed E-state index contributed by atoms with van der Waals surface area (Å²) in [4.78, 5) is 16.1. The number of para-hydroxylation sites is 2. The van der Waals surface area contributed by atoms with Crippen LogP contribution >= 0.6 is 0 Å². The Morgan fingerprint density at radius 1 is 0.886 bits per heavy atom. The van der Waals surface area contributed by atoms with Crippen LogP contribution in [-0.2, 0) is 23.9 Å². The number of fused-ring (bicyclic) bond motifs is 1. The van der Waals surface area contributed by atoms with Crippen molar-refractivity contribution in [2.24, 2.45) is 0 Å². The summed E-state index contributed by atoms with van der Waals surface area (Å²) >= 11 is 0. The van der Waals surface area contributed by atoms with Crippen molar-refractivity contribution < 1.29 is 9.90 Å². The van der Waals surface area contributed by atoms with Crippen LogP contribution in [0.3, 0.4) is 0 Å². The van der Waals surface area contributed by atoms with E-state index in [0.29, 0.717) is 11.2 Å². The summed E-state index contributed by atoms with van der Waals surface area (Å²) in [5.41, 5.74) is 3.76. The highest BCUT2D eigenvalue weighted by Gasteiger charge is 2.28. The number of carbonyl (C=O) groups is 1. The summed E-state index contributed by atoms with van der Waals surface area (Å²) in [5.74, 6) is 0.218. The van der Waals surface area contributed by atoms with E-state index in [4.69, 9.17) is 5.41 Å². The van der Waals surface area contributed by atoms with Crippen LogP contribution in [0.1, 0.15) is 75.9 Å². The summed E-state index contributed by atoms with van der Waals surface area (Å²) in [5, 5.41) is 20.0. The van der Waals surface area contributed by atoms with Gasteiger partial charge in [-0.2, -0.15) is 0 Å². The van der Waals surface area contributed by atoms with Crippen molar-refractivity contribution in [3.8, 4) is 5.75 Å². The molecule has 2 aromatic carbocycles. The number of aromatic nitrogens is 2. The first-order valence-electron chi connectivity index (χ1n) is 12.7. The molecule has 35 heavy (non-hydrogen) atoms. The molecule has 188 valence electrons. The number of ketones is 1. The van der Waals surface area contributed by atoms with Gasteiger partial charge in [0.1, 0.15) is 5.75 Å². The smallest absolute Gasteiger partial charge is 0.203 e. The molecule has 1 aliphatic heterocycles. The van der Waals surface area contributed by atoms with Crippen LogP contribution < -0.4 is 5.62 Å². The summed E-state index contributed by atoms with van der Waals surface area (Å²) in [7, 11) is 0.